The summed E-state index contributed by atoms with van der Waals surface area (Å²) in [4.78, 5) is 5.83. The average Bonchev–Trinajstić information content (AvgIpc) is 2.80. The Morgan fingerprint density at radius 1 is 1.38 bits per heavy atom. The van der Waals surface area contributed by atoms with Crippen molar-refractivity contribution in [2.24, 2.45) is 5.41 Å². The highest BCUT2D eigenvalue weighted by Gasteiger charge is 2.34. The molecule has 4 heteroatoms. The van der Waals surface area contributed by atoms with Gasteiger partial charge in [0.2, 0.25) is 0 Å². The predicted octanol–water partition coefficient (Wildman–Crippen LogP) is 3.75. The zero-order valence-corrected chi connectivity index (χ0v) is 13.5. The average molecular weight is 303 g/mol. The number of rotatable bonds is 3. The monoisotopic (exact) mass is 303 g/mol. The van der Waals surface area contributed by atoms with Crippen molar-refractivity contribution in [1.29, 1.82) is 0 Å². The number of benzene rings is 1. The van der Waals surface area contributed by atoms with E-state index in [1.165, 1.54) is 0 Å². The lowest BCUT2D eigenvalue weighted by atomic mass is 9.77. The Balaban J connectivity index is 1.89. The fourth-order valence-electron chi connectivity index (χ4n) is 3.03. The summed E-state index contributed by atoms with van der Waals surface area (Å²) in [5, 5.41) is 11.4. The van der Waals surface area contributed by atoms with Crippen LogP contribution >= 0.6 is 11.3 Å². The van der Waals surface area contributed by atoms with E-state index in [9.17, 15) is 5.11 Å². The third-order valence-electron chi connectivity index (χ3n) is 4.00. The fraction of sp³-hybridized carbons (Fsp3) is 0.471. The van der Waals surface area contributed by atoms with E-state index in [-0.39, 0.29) is 11.5 Å². The van der Waals surface area contributed by atoms with E-state index in [2.05, 4.69) is 19.9 Å². The number of fused-ring (bicyclic) bond motifs is 1. The van der Waals surface area contributed by atoms with Gasteiger partial charge in [0.15, 0.2) is 0 Å². The Morgan fingerprint density at radius 3 is 2.90 bits per heavy atom. The van der Waals surface area contributed by atoms with Crippen molar-refractivity contribution in [3.8, 4) is 5.75 Å². The molecule has 0 amide bonds. The molecular formula is C17H21NO2S. The van der Waals surface area contributed by atoms with Crippen LogP contribution in [-0.4, -0.2) is 17.2 Å². The van der Waals surface area contributed by atoms with Crippen LogP contribution in [0.5, 0.6) is 5.75 Å². The second kappa shape index (κ2) is 5.43. The summed E-state index contributed by atoms with van der Waals surface area (Å²) >= 11 is 1.64. The van der Waals surface area contributed by atoms with Gasteiger partial charge in [-0.1, -0.05) is 32.0 Å². The zero-order valence-electron chi connectivity index (χ0n) is 12.7. The smallest absolute Gasteiger partial charge is 0.122 e. The molecule has 1 N–H and O–H groups in total. The van der Waals surface area contributed by atoms with Crippen LogP contribution in [0, 0.1) is 5.41 Å². The molecule has 0 spiro atoms. The number of aliphatic hydroxyl groups excluding tert-OH is 1. The number of methoxy groups -OCH3 is 1. The molecule has 1 aliphatic rings. The maximum atomic E-state index is 10.3. The summed E-state index contributed by atoms with van der Waals surface area (Å²) in [6, 6.07) is 8.03. The Hall–Kier alpha value is -1.39. The van der Waals surface area contributed by atoms with Gasteiger partial charge in [0.25, 0.3) is 0 Å². The van der Waals surface area contributed by atoms with E-state index in [4.69, 9.17) is 9.72 Å². The predicted molar refractivity (Wildman–Crippen MR) is 85.0 cm³/mol. The zero-order chi connectivity index (χ0) is 15.0. The van der Waals surface area contributed by atoms with E-state index >= 15 is 0 Å². The number of aromatic nitrogens is 1. The third-order valence-corrected chi connectivity index (χ3v) is 5.20. The van der Waals surface area contributed by atoms with Gasteiger partial charge < -0.3 is 9.84 Å². The molecule has 0 fully saturated rings. The van der Waals surface area contributed by atoms with Gasteiger partial charge in [0, 0.05) is 12.0 Å². The molecule has 1 aromatic heterocycles. The van der Waals surface area contributed by atoms with Crippen molar-refractivity contribution in [3.05, 3.63) is 45.4 Å². The molecule has 0 saturated heterocycles. The highest BCUT2D eigenvalue weighted by atomic mass is 32.1. The van der Waals surface area contributed by atoms with Crippen molar-refractivity contribution < 1.29 is 9.84 Å². The highest BCUT2D eigenvalue weighted by molar-refractivity contribution is 7.11. The van der Waals surface area contributed by atoms with Crippen LogP contribution in [0.2, 0.25) is 0 Å². The Bertz CT molecular complexity index is 648. The van der Waals surface area contributed by atoms with Gasteiger partial charge >= 0.3 is 0 Å². The summed E-state index contributed by atoms with van der Waals surface area (Å²) < 4.78 is 5.40. The van der Waals surface area contributed by atoms with Gasteiger partial charge in [0.05, 0.1) is 28.8 Å². The number of hydrogen-bond donors (Lipinski definition) is 1. The molecule has 1 aromatic carbocycles. The maximum absolute atomic E-state index is 10.3. The number of aliphatic hydroxyl groups is 1. The molecule has 3 rings (SSSR count). The van der Waals surface area contributed by atoms with E-state index in [0.29, 0.717) is 0 Å². The maximum Gasteiger partial charge on any atom is 0.122 e. The number of nitrogens with zero attached hydrogens (tertiary/aromatic N) is 1. The Kier molecular flexibility index (Phi) is 3.76. The van der Waals surface area contributed by atoms with Crippen molar-refractivity contribution in [1.82, 2.24) is 4.98 Å². The summed E-state index contributed by atoms with van der Waals surface area (Å²) in [7, 11) is 1.69. The molecule has 0 radical (unpaired) electrons. The largest absolute Gasteiger partial charge is 0.496 e. The first kappa shape index (κ1) is 14.5. The molecule has 0 aliphatic heterocycles. The van der Waals surface area contributed by atoms with Crippen molar-refractivity contribution in [2.45, 2.75) is 39.2 Å². The normalized spacial score (nSPS) is 20.1. The van der Waals surface area contributed by atoms with Crippen molar-refractivity contribution in [3.63, 3.8) is 0 Å². The first-order valence-electron chi connectivity index (χ1n) is 7.27. The van der Waals surface area contributed by atoms with Gasteiger partial charge in [-0.2, -0.15) is 0 Å². The second-order valence-electron chi connectivity index (χ2n) is 6.47. The van der Waals surface area contributed by atoms with Crippen molar-refractivity contribution in [2.75, 3.05) is 7.11 Å². The van der Waals surface area contributed by atoms with Gasteiger partial charge in [-0.15, -0.1) is 11.3 Å². The van der Waals surface area contributed by atoms with Crippen LogP contribution < -0.4 is 4.74 Å². The Labute approximate surface area is 129 Å². The standard InChI is InChI=1S/C17H21NO2S/c1-17(2)9-12-16(13(19)10-17)21-15(18-12)8-11-6-4-5-7-14(11)20-3/h4-7,13,19H,8-10H2,1-3H3. The van der Waals surface area contributed by atoms with E-state index in [0.717, 1.165) is 46.2 Å². The lowest BCUT2D eigenvalue weighted by molar-refractivity contribution is 0.102. The number of ether oxygens (including phenoxy) is 1. The summed E-state index contributed by atoms with van der Waals surface area (Å²) in [5.41, 5.74) is 2.34. The molecule has 0 bridgehead atoms. The minimum Gasteiger partial charge on any atom is -0.496 e. The van der Waals surface area contributed by atoms with Crippen LogP contribution in [-0.2, 0) is 12.8 Å². The molecule has 3 nitrogen and oxygen atoms in total. The number of thiazole rings is 1. The molecule has 1 heterocycles. The van der Waals surface area contributed by atoms with Crippen molar-refractivity contribution >= 4 is 11.3 Å². The topological polar surface area (TPSA) is 42.4 Å². The second-order valence-corrected chi connectivity index (χ2v) is 7.58. The lowest BCUT2D eigenvalue weighted by Crippen LogP contribution is -2.24. The van der Waals surface area contributed by atoms with Gasteiger partial charge in [0.1, 0.15) is 5.75 Å². The molecule has 1 aliphatic carbocycles. The molecule has 112 valence electrons. The van der Waals surface area contributed by atoms with Gasteiger partial charge in [-0.25, -0.2) is 4.98 Å². The van der Waals surface area contributed by atoms with Gasteiger partial charge in [-0.05, 0) is 24.3 Å². The number of para-hydroxylation sites is 1. The molecule has 1 atom stereocenters. The highest BCUT2D eigenvalue weighted by Crippen LogP contribution is 2.43. The number of hydrogen-bond acceptors (Lipinski definition) is 4. The quantitative estimate of drug-likeness (QED) is 0.939. The molecule has 1 unspecified atom stereocenters. The first-order valence-corrected chi connectivity index (χ1v) is 8.08. The van der Waals surface area contributed by atoms with Crippen LogP contribution in [0.25, 0.3) is 0 Å². The first-order chi connectivity index (χ1) is 9.98. The van der Waals surface area contributed by atoms with E-state index < -0.39 is 0 Å². The van der Waals surface area contributed by atoms with E-state index in [1.807, 2.05) is 18.2 Å². The summed E-state index contributed by atoms with van der Waals surface area (Å²) in [6.07, 6.45) is 2.15. The molecule has 21 heavy (non-hydrogen) atoms. The van der Waals surface area contributed by atoms with Crippen LogP contribution in [0.4, 0.5) is 0 Å². The minimum absolute atomic E-state index is 0.127. The van der Waals surface area contributed by atoms with Crippen LogP contribution in [0.3, 0.4) is 0 Å². The van der Waals surface area contributed by atoms with E-state index in [1.54, 1.807) is 18.4 Å². The fourth-order valence-corrected chi connectivity index (χ4v) is 4.12. The molecule has 0 saturated carbocycles. The summed E-state index contributed by atoms with van der Waals surface area (Å²) in [6.45, 7) is 4.39. The Morgan fingerprint density at radius 2 is 2.14 bits per heavy atom. The minimum atomic E-state index is -0.368. The SMILES string of the molecule is COc1ccccc1Cc1nc2c(s1)C(O)CC(C)(C)C2. The molecular weight excluding hydrogens is 282 g/mol. The molecule has 2 aromatic rings. The summed E-state index contributed by atoms with van der Waals surface area (Å²) in [5.74, 6) is 0.895. The third kappa shape index (κ3) is 2.97. The van der Waals surface area contributed by atoms with Crippen LogP contribution in [0.15, 0.2) is 24.3 Å². The van der Waals surface area contributed by atoms with Crippen LogP contribution in [0.1, 0.15) is 47.5 Å². The lowest BCUT2D eigenvalue weighted by Gasteiger charge is -2.31. The van der Waals surface area contributed by atoms with Gasteiger partial charge in [-0.3, -0.25) is 0 Å².